The van der Waals surface area contributed by atoms with Crippen molar-refractivity contribution in [1.82, 2.24) is 18.9 Å². The highest BCUT2D eigenvalue weighted by molar-refractivity contribution is 6.32. The van der Waals surface area contributed by atoms with Crippen LogP contribution >= 0.6 is 11.6 Å². The van der Waals surface area contributed by atoms with E-state index in [2.05, 4.69) is 5.10 Å². The van der Waals surface area contributed by atoms with Crippen LogP contribution in [0.25, 0.3) is 16.6 Å². The molecule has 2 heterocycles. The number of nitrogens with zero attached hydrogens (tertiary/aromatic N) is 3. The normalized spacial score (nSPS) is 12.5. The van der Waals surface area contributed by atoms with Crippen LogP contribution in [0.4, 0.5) is 0 Å². The third-order valence-corrected chi connectivity index (χ3v) is 6.00. The molecule has 8 nitrogen and oxygen atoms in total. The highest BCUT2D eigenvalue weighted by Gasteiger charge is 2.24. The van der Waals surface area contributed by atoms with E-state index in [-0.39, 0.29) is 27.2 Å². The molecule has 2 N–H and O–H groups in total. The Kier molecular flexibility index (Phi) is 4.99. The fraction of sp³-hybridized carbons (Fsp3) is 0.227. The zero-order valence-corrected chi connectivity index (χ0v) is 18.2. The van der Waals surface area contributed by atoms with Gasteiger partial charge in [0, 0.05) is 19.8 Å². The van der Waals surface area contributed by atoms with Gasteiger partial charge in [0.1, 0.15) is 6.10 Å². The van der Waals surface area contributed by atoms with Gasteiger partial charge in [-0.05, 0) is 43.2 Å². The van der Waals surface area contributed by atoms with Gasteiger partial charge in [-0.3, -0.25) is 23.9 Å². The first-order valence-electron chi connectivity index (χ1n) is 9.58. The molecule has 4 rings (SSSR count). The average molecular weight is 441 g/mol. The monoisotopic (exact) mass is 440 g/mol. The summed E-state index contributed by atoms with van der Waals surface area (Å²) in [6, 6.07) is 9.83. The molecule has 0 radical (unpaired) electrons. The van der Waals surface area contributed by atoms with Gasteiger partial charge < -0.3 is 5.11 Å². The number of aromatic nitrogens is 4. The summed E-state index contributed by atoms with van der Waals surface area (Å²) in [5.74, 6) is 0. The molecular formula is C22H21ClN4O4. The molecule has 9 heteroatoms. The zero-order valence-electron chi connectivity index (χ0n) is 17.4. The maximum absolute atomic E-state index is 13.5. The number of halogens is 1. The minimum absolute atomic E-state index is 0.209. The van der Waals surface area contributed by atoms with Crippen molar-refractivity contribution in [3.8, 4) is 5.69 Å². The molecule has 0 bridgehead atoms. The van der Waals surface area contributed by atoms with E-state index >= 15 is 0 Å². The summed E-state index contributed by atoms with van der Waals surface area (Å²) in [5, 5.41) is 14.4. The van der Waals surface area contributed by atoms with Gasteiger partial charge in [0.25, 0.3) is 11.1 Å². The van der Waals surface area contributed by atoms with Crippen LogP contribution in [-0.2, 0) is 14.1 Å². The molecule has 0 saturated carbocycles. The SMILES string of the molecule is Cc1[nH]n(C)c(=O)c1[C@H](O)c1ccc2c(c1C)c(=O)n(-c1ccccc1Cl)c(=O)n2C. The Morgan fingerprint density at radius 2 is 1.68 bits per heavy atom. The Hall–Kier alpha value is -3.36. The standard InChI is InChI=1S/C22H21ClN4O4/c1-11-13(19(28)18-12(2)24-26(4)20(18)29)9-10-16-17(11)21(30)27(22(31)25(16)3)15-8-6-5-7-14(15)23/h5-10,19,24,28H,1-4H3/t19-/m1/s1. The third-order valence-electron chi connectivity index (χ3n) is 5.68. The summed E-state index contributed by atoms with van der Waals surface area (Å²) >= 11 is 6.26. The van der Waals surface area contributed by atoms with Crippen LogP contribution in [-0.4, -0.2) is 24.0 Å². The molecule has 0 fully saturated rings. The Balaban J connectivity index is 2.07. The van der Waals surface area contributed by atoms with Crippen LogP contribution < -0.4 is 16.8 Å². The minimum Gasteiger partial charge on any atom is -0.383 e. The highest BCUT2D eigenvalue weighted by atomic mass is 35.5. The fourth-order valence-electron chi connectivity index (χ4n) is 4.04. The second kappa shape index (κ2) is 7.40. The van der Waals surface area contributed by atoms with Crippen LogP contribution in [0.2, 0.25) is 5.02 Å². The van der Waals surface area contributed by atoms with E-state index in [0.717, 1.165) is 4.57 Å². The molecule has 31 heavy (non-hydrogen) atoms. The lowest BCUT2D eigenvalue weighted by Gasteiger charge is -2.17. The molecule has 2 aromatic heterocycles. The molecule has 0 saturated heterocycles. The summed E-state index contributed by atoms with van der Waals surface area (Å²) in [5.41, 5.74) is 0.906. The van der Waals surface area contributed by atoms with Crippen LogP contribution in [0.5, 0.6) is 0 Å². The third kappa shape index (κ3) is 3.07. The predicted octanol–water partition coefficient (Wildman–Crippen LogP) is 2.07. The van der Waals surface area contributed by atoms with Crippen LogP contribution in [0.1, 0.15) is 28.5 Å². The van der Waals surface area contributed by atoms with E-state index in [0.29, 0.717) is 22.3 Å². The van der Waals surface area contributed by atoms with Gasteiger partial charge in [-0.15, -0.1) is 0 Å². The summed E-state index contributed by atoms with van der Waals surface area (Å²) in [6.45, 7) is 3.39. The number of aliphatic hydroxyl groups excluding tert-OH is 1. The van der Waals surface area contributed by atoms with Crippen molar-refractivity contribution in [2.24, 2.45) is 14.1 Å². The second-order valence-electron chi connectivity index (χ2n) is 7.52. The Morgan fingerprint density at radius 3 is 2.29 bits per heavy atom. The summed E-state index contributed by atoms with van der Waals surface area (Å²) in [4.78, 5) is 38.9. The summed E-state index contributed by atoms with van der Waals surface area (Å²) in [7, 11) is 3.13. The van der Waals surface area contributed by atoms with E-state index in [9.17, 15) is 19.5 Å². The summed E-state index contributed by atoms with van der Waals surface area (Å²) in [6.07, 6.45) is -1.24. The highest BCUT2D eigenvalue weighted by Crippen LogP contribution is 2.28. The molecular weight excluding hydrogens is 420 g/mol. The second-order valence-corrected chi connectivity index (χ2v) is 7.93. The number of aromatic amines is 1. The maximum Gasteiger partial charge on any atom is 0.335 e. The first kappa shape index (κ1) is 20.9. The molecule has 160 valence electrons. The predicted molar refractivity (Wildman–Crippen MR) is 119 cm³/mol. The number of rotatable bonds is 3. The van der Waals surface area contributed by atoms with Crippen LogP contribution in [0, 0.1) is 13.8 Å². The molecule has 0 aliphatic heterocycles. The number of fused-ring (bicyclic) bond motifs is 1. The molecule has 0 amide bonds. The molecule has 0 aliphatic rings. The summed E-state index contributed by atoms with van der Waals surface area (Å²) < 4.78 is 3.68. The fourth-order valence-corrected chi connectivity index (χ4v) is 4.26. The van der Waals surface area contributed by atoms with Crippen molar-refractivity contribution < 1.29 is 5.11 Å². The number of hydrogen-bond acceptors (Lipinski definition) is 4. The first-order chi connectivity index (χ1) is 14.6. The zero-order chi connectivity index (χ0) is 22.6. The maximum atomic E-state index is 13.5. The van der Waals surface area contributed by atoms with Crippen molar-refractivity contribution >= 4 is 22.5 Å². The lowest BCUT2D eigenvalue weighted by molar-refractivity contribution is 0.217. The number of H-pyrrole nitrogens is 1. The minimum atomic E-state index is -1.24. The Labute approximate surface area is 181 Å². The first-order valence-corrected chi connectivity index (χ1v) is 9.96. The van der Waals surface area contributed by atoms with Crippen molar-refractivity contribution in [3.63, 3.8) is 0 Å². The number of aliphatic hydroxyl groups is 1. The smallest absolute Gasteiger partial charge is 0.335 e. The van der Waals surface area contributed by atoms with Gasteiger partial charge in [-0.1, -0.05) is 29.8 Å². The van der Waals surface area contributed by atoms with E-state index in [4.69, 9.17) is 11.6 Å². The van der Waals surface area contributed by atoms with Crippen molar-refractivity contribution in [3.05, 3.63) is 95.0 Å². The number of benzene rings is 2. The van der Waals surface area contributed by atoms with E-state index in [1.807, 2.05) is 0 Å². The van der Waals surface area contributed by atoms with Crippen LogP contribution in [0.3, 0.4) is 0 Å². The molecule has 0 spiro atoms. The molecule has 2 aromatic carbocycles. The average Bonchev–Trinajstić information content (AvgIpc) is 2.98. The molecule has 0 unspecified atom stereocenters. The van der Waals surface area contributed by atoms with Crippen LogP contribution in [0.15, 0.2) is 50.8 Å². The molecule has 0 aliphatic carbocycles. The van der Waals surface area contributed by atoms with Gasteiger partial charge >= 0.3 is 5.69 Å². The number of aryl methyl sites for hydroxylation is 4. The van der Waals surface area contributed by atoms with E-state index in [1.165, 1.54) is 9.25 Å². The number of nitrogens with one attached hydrogen (secondary N) is 1. The molecule has 1 atom stereocenters. The number of hydrogen-bond donors (Lipinski definition) is 2. The quantitative estimate of drug-likeness (QED) is 0.509. The van der Waals surface area contributed by atoms with Gasteiger partial charge in [-0.25, -0.2) is 9.36 Å². The van der Waals surface area contributed by atoms with Gasteiger partial charge in [0.15, 0.2) is 0 Å². The lowest BCUT2D eigenvalue weighted by Crippen LogP contribution is -2.38. The largest absolute Gasteiger partial charge is 0.383 e. The van der Waals surface area contributed by atoms with Crippen molar-refractivity contribution in [1.29, 1.82) is 0 Å². The topological polar surface area (TPSA) is 102 Å². The Morgan fingerprint density at radius 1 is 1.00 bits per heavy atom. The number of para-hydroxylation sites is 1. The van der Waals surface area contributed by atoms with E-state index in [1.54, 1.807) is 64.3 Å². The van der Waals surface area contributed by atoms with Crippen molar-refractivity contribution in [2.75, 3.05) is 0 Å². The molecule has 4 aromatic rings. The van der Waals surface area contributed by atoms with Gasteiger partial charge in [-0.2, -0.15) is 0 Å². The van der Waals surface area contributed by atoms with Gasteiger partial charge in [0.05, 0.1) is 27.2 Å². The van der Waals surface area contributed by atoms with E-state index < -0.39 is 17.4 Å². The Bertz CT molecular complexity index is 1520. The van der Waals surface area contributed by atoms with Crippen molar-refractivity contribution in [2.45, 2.75) is 20.0 Å². The lowest BCUT2D eigenvalue weighted by atomic mass is 9.95. The van der Waals surface area contributed by atoms with Gasteiger partial charge in [0.2, 0.25) is 0 Å².